The molecule has 0 saturated heterocycles. The van der Waals surface area contributed by atoms with Crippen LogP contribution < -0.4 is 5.32 Å². The highest BCUT2D eigenvalue weighted by molar-refractivity contribution is 5.08. The first-order chi connectivity index (χ1) is 6.85. The maximum absolute atomic E-state index is 3.56. The standard InChI is InChI=1S/C12H20N2/c1-2-4-12(5-6-12)10-14-9-11-3-7-13-8-11/h3,7-8,13-14H,2,4-6,9-10H2,1H3. The van der Waals surface area contributed by atoms with Crippen molar-refractivity contribution in [1.82, 2.24) is 10.3 Å². The van der Waals surface area contributed by atoms with Gasteiger partial charge < -0.3 is 10.3 Å². The molecule has 1 aromatic heterocycles. The molecule has 1 aliphatic rings. The molecule has 1 aromatic rings. The molecule has 2 heteroatoms. The molecule has 0 unspecified atom stereocenters. The predicted molar refractivity (Wildman–Crippen MR) is 59.1 cm³/mol. The Kier molecular flexibility index (Phi) is 2.92. The fourth-order valence-corrected chi connectivity index (χ4v) is 2.16. The minimum atomic E-state index is 0.672. The zero-order chi connectivity index (χ0) is 9.86. The van der Waals surface area contributed by atoms with Crippen molar-refractivity contribution in [1.29, 1.82) is 0 Å². The van der Waals surface area contributed by atoms with E-state index in [0.717, 1.165) is 6.54 Å². The Bertz CT molecular complexity index is 260. The summed E-state index contributed by atoms with van der Waals surface area (Å²) in [5.74, 6) is 0. The van der Waals surface area contributed by atoms with Gasteiger partial charge in [-0.2, -0.15) is 0 Å². The van der Waals surface area contributed by atoms with Crippen molar-refractivity contribution in [3.8, 4) is 0 Å². The number of aromatic nitrogens is 1. The molecule has 78 valence electrons. The van der Waals surface area contributed by atoms with Crippen LogP contribution in [0.15, 0.2) is 18.5 Å². The number of rotatable bonds is 6. The first kappa shape index (κ1) is 9.78. The van der Waals surface area contributed by atoms with E-state index in [0.29, 0.717) is 5.41 Å². The molecule has 14 heavy (non-hydrogen) atoms. The molecular formula is C12H20N2. The van der Waals surface area contributed by atoms with Gasteiger partial charge in [0, 0.05) is 25.5 Å². The summed E-state index contributed by atoms with van der Waals surface area (Å²) < 4.78 is 0. The lowest BCUT2D eigenvalue weighted by molar-refractivity contribution is 0.421. The largest absolute Gasteiger partial charge is 0.367 e. The highest BCUT2D eigenvalue weighted by Gasteiger charge is 2.40. The first-order valence-corrected chi connectivity index (χ1v) is 5.67. The average molecular weight is 192 g/mol. The van der Waals surface area contributed by atoms with Crippen molar-refractivity contribution in [3.63, 3.8) is 0 Å². The predicted octanol–water partition coefficient (Wildman–Crippen LogP) is 2.68. The van der Waals surface area contributed by atoms with Crippen molar-refractivity contribution in [2.75, 3.05) is 6.54 Å². The molecule has 1 aliphatic carbocycles. The van der Waals surface area contributed by atoms with Gasteiger partial charge in [-0.3, -0.25) is 0 Å². The lowest BCUT2D eigenvalue weighted by atomic mass is 10.0. The number of aromatic amines is 1. The molecular weight excluding hydrogens is 172 g/mol. The average Bonchev–Trinajstić information content (AvgIpc) is 2.75. The minimum Gasteiger partial charge on any atom is -0.367 e. The second-order valence-corrected chi connectivity index (χ2v) is 4.57. The quantitative estimate of drug-likeness (QED) is 0.712. The van der Waals surface area contributed by atoms with Crippen molar-refractivity contribution < 1.29 is 0 Å². The van der Waals surface area contributed by atoms with E-state index in [9.17, 15) is 0 Å². The van der Waals surface area contributed by atoms with E-state index in [-0.39, 0.29) is 0 Å². The molecule has 2 N–H and O–H groups in total. The summed E-state index contributed by atoms with van der Waals surface area (Å²) in [6.45, 7) is 4.49. The second-order valence-electron chi connectivity index (χ2n) is 4.57. The summed E-state index contributed by atoms with van der Waals surface area (Å²) in [6, 6.07) is 2.13. The van der Waals surface area contributed by atoms with Crippen LogP contribution in [-0.4, -0.2) is 11.5 Å². The van der Waals surface area contributed by atoms with Gasteiger partial charge in [0.1, 0.15) is 0 Å². The summed E-state index contributed by atoms with van der Waals surface area (Å²) in [5.41, 5.74) is 2.03. The molecule has 2 rings (SSSR count). The lowest BCUT2D eigenvalue weighted by Gasteiger charge is -2.14. The van der Waals surface area contributed by atoms with Gasteiger partial charge in [-0.25, -0.2) is 0 Å². The van der Waals surface area contributed by atoms with E-state index in [1.54, 1.807) is 0 Å². The molecule has 2 nitrogen and oxygen atoms in total. The molecule has 1 heterocycles. The Balaban J connectivity index is 1.68. The van der Waals surface area contributed by atoms with Crippen LogP contribution in [0.4, 0.5) is 0 Å². The third-order valence-electron chi connectivity index (χ3n) is 3.23. The molecule has 0 amide bonds. The van der Waals surface area contributed by atoms with Crippen molar-refractivity contribution in [3.05, 3.63) is 24.0 Å². The summed E-state index contributed by atoms with van der Waals surface area (Å²) >= 11 is 0. The van der Waals surface area contributed by atoms with Crippen LogP contribution in [-0.2, 0) is 6.54 Å². The van der Waals surface area contributed by atoms with Gasteiger partial charge in [-0.15, -0.1) is 0 Å². The van der Waals surface area contributed by atoms with E-state index in [2.05, 4.69) is 29.5 Å². The number of nitrogens with one attached hydrogen (secondary N) is 2. The van der Waals surface area contributed by atoms with Crippen molar-refractivity contribution in [2.24, 2.45) is 5.41 Å². The van der Waals surface area contributed by atoms with Crippen LogP contribution in [0, 0.1) is 5.41 Å². The molecule has 0 bridgehead atoms. The Morgan fingerprint density at radius 3 is 2.93 bits per heavy atom. The van der Waals surface area contributed by atoms with E-state index < -0.39 is 0 Å². The van der Waals surface area contributed by atoms with Crippen molar-refractivity contribution in [2.45, 2.75) is 39.2 Å². The first-order valence-electron chi connectivity index (χ1n) is 5.67. The molecule has 0 atom stereocenters. The third kappa shape index (κ3) is 2.38. The molecule has 1 saturated carbocycles. The van der Waals surface area contributed by atoms with Gasteiger partial charge in [0.15, 0.2) is 0 Å². The van der Waals surface area contributed by atoms with Gasteiger partial charge >= 0.3 is 0 Å². The summed E-state index contributed by atoms with van der Waals surface area (Å²) in [7, 11) is 0. The molecule has 0 aromatic carbocycles. The smallest absolute Gasteiger partial charge is 0.0220 e. The van der Waals surface area contributed by atoms with Gasteiger partial charge in [0.25, 0.3) is 0 Å². The summed E-state index contributed by atoms with van der Waals surface area (Å²) in [4.78, 5) is 3.08. The van der Waals surface area contributed by atoms with E-state index in [4.69, 9.17) is 0 Å². The van der Waals surface area contributed by atoms with Gasteiger partial charge in [-0.05, 0) is 36.3 Å². The van der Waals surface area contributed by atoms with Crippen molar-refractivity contribution >= 4 is 0 Å². The maximum Gasteiger partial charge on any atom is 0.0220 e. The topological polar surface area (TPSA) is 27.8 Å². The highest BCUT2D eigenvalue weighted by atomic mass is 14.9. The lowest BCUT2D eigenvalue weighted by Crippen LogP contribution is -2.23. The normalized spacial score (nSPS) is 18.4. The molecule has 0 radical (unpaired) electrons. The Morgan fingerprint density at radius 1 is 1.50 bits per heavy atom. The zero-order valence-corrected chi connectivity index (χ0v) is 8.97. The highest BCUT2D eigenvalue weighted by Crippen LogP contribution is 2.48. The van der Waals surface area contributed by atoms with Crippen LogP contribution in [0.2, 0.25) is 0 Å². The van der Waals surface area contributed by atoms with E-state index in [1.807, 2.05) is 6.20 Å². The molecule has 1 fully saturated rings. The van der Waals surface area contributed by atoms with Crippen LogP contribution in [0.5, 0.6) is 0 Å². The van der Waals surface area contributed by atoms with E-state index in [1.165, 1.54) is 37.8 Å². The fraction of sp³-hybridized carbons (Fsp3) is 0.667. The Hall–Kier alpha value is -0.760. The Labute approximate surface area is 86.1 Å². The van der Waals surface area contributed by atoms with Gasteiger partial charge in [0.05, 0.1) is 0 Å². The van der Waals surface area contributed by atoms with Crippen LogP contribution in [0.3, 0.4) is 0 Å². The zero-order valence-electron chi connectivity index (χ0n) is 8.97. The molecule has 0 spiro atoms. The Morgan fingerprint density at radius 2 is 2.36 bits per heavy atom. The number of H-pyrrole nitrogens is 1. The van der Waals surface area contributed by atoms with Crippen LogP contribution >= 0.6 is 0 Å². The van der Waals surface area contributed by atoms with Gasteiger partial charge in [-0.1, -0.05) is 13.3 Å². The van der Waals surface area contributed by atoms with E-state index >= 15 is 0 Å². The summed E-state index contributed by atoms with van der Waals surface area (Å²) in [5, 5.41) is 3.56. The second kappa shape index (κ2) is 4.18. The number of hydrogen-bond acceptors (Lipinski definition) is 1. The van der Waals surface area contributed by atoms with Crippen LogP contribution in [0.25, 0.3) is 0 Å². The molecule has 0 aliphatic heterocycles. The monoisotopic (exact) mass is 192 g/mol. The third-order valence-corrected chi connectivity index (χ3v) is 3.23. The SMILES string of the molecule is CCCC1(CNCc2cc[nH]c2)CC1. The van der Waals surface area contributed by atoms with Gasteiger partial charge in [0.2, 0.25) is 0 Å². The summed E-state index contributed by atoms with van der Waals surface area (Å²) in [6.07, 6.45) is 9.63. The fourth-order valence-electron chi connectivity index (χ4n) is 2.16. The van der Waals surface area contributed by atoms with Crippen LogP contribution in [0.1, 0.15) is 38.2 Å². The number of hydrogen-bond donors (Lipinski definition) is 2. The minimum absolute atomic E-state index is 0.672. The maximum atomic E-state index is 3.56.